The van der Waals surface area contributed by atoms with Crippen molar-refractivity contribution in [2.24, 2.45) is 0 Å². The monoisotopic (exact) mass is 342 g/mol. The normalized spacial score (nSPS) is 16.5. The molecular weight excluding hydrogens is 316 g/mol. The van der Waals surface area contributed by atoms with Crippen molar-refractivity contribution in [2.45, 2.75) is 30.7 Å². The number of benzene rings is 2. The lowest BCUT2D eigenvalue weighted by molar-refractivity contribution is 0.192. The largest absolute Gasteiger partial charge is 0.385 e. The number of unbranched alkanes of at least 4 members (excludes halogenated alkanes) is 1. The SMILES string of the molecule is COCCCCNC1c2ccc(C)cc2SN(C)c2ccccc21. The van der Waals surface area contributed by atoms with Crippen molar-refractivity contribution < 1.29 is 4.74 Å². The molecule has 0 spiro atoms. The molecule has 1 heterocycles. The second-order valence-electron chi connectivity index (χ2n) is 6.28. The second-order valence-corrected chi connectivity index (χ2v) is 7.45. The number of para-hydroxylation sites is 1. The minimum atomic E-state index is 0.233. The van der Waals surface area contributed by atoms with Gasteiger partial charge in [-0.15, -0.1) is 0 Å². The van der Waals surface area contributed by atoms with E-state index in [1.54, 1.807) is 7.11 Å². The number of ether oxygens (including phenoxy) is 1. The number of fused-ring (bicyclic) bond motifs is 2. The summed E-state index contributed by atoms with van der Waals surface area (Å²) < 4.78 is 7.43. The highest BCUT2D eigenvalue weighted by atomic mass is 32.2. The molecule has 0 aliphatic carbocycles. The number of aryl methyl sites for hydroxylation is 1. The minimum absolute atomic E-state index is 0.233. The van der Waals surface area contributed by atoms with E-state index in [-0.39, 0.29) is 6.04 Å². The summed E-state index contributed by atoms with van der Waals surface area (Å²) in [6.07, 6.45) is 2.21. The predicted molar refractivity (Wildman–Crippen MR) is 103 cm³/mol. The third-order valence-electron chi connectivity index (χ3n) is 4.43. The van der Waals surface area contributed by atoms with E-state index in [9.17, 15) is 0 Å². The maximum atomic E-state index is 5.16. The van der Waals surface area contributed by atoms with Crippen molar-refractivity contribution in [3.63, 3.8) is 0 Å². The number of methoxy groups -OCH3 is 1. The molecule has 2 aromatic carbocycles. The summed E-state index contributed by atoms with van der Waals surface area (Å²) in [5.41, 5.74) is 5.31. The number of hydrogen-bond acceptors (Lipinski definition) is 4. The van der Waals surface area contributed by atoms with Crippen LogP contribution >= 0.6 is 11.9 Å². The van der Waals surface area contributed by atoms with Gasteiger partial charge in [0.25, 0.3) is 0 Å². The van der Waals surface area contributed by atoms with Crippen LogP contribution in [0.25, 0.3) is 0 Å². The van der Waals surface area contributed by atoms with Crippen molar-refractivity contribution in [1.29, 1.82) is 0 Å². The zero-order valence-electron chi connectivity index (χ0n) is 14.7. The molecule has 0 aromatic heterocycles. The van der Waals surface area contributed by atoms with Gasteiger partial charge in [-0.25, -0.2) is 0 Å². The number of hydrogen-bond donors (Lipinski definition) is 1. The minimum Gasteiger partial charge on any atom is -0.385 e. The number of anilines is 1. The Morgan fingerprint density at radius 1 is 1.12 bits per heavy atom. The highest BCUT2D eigenvalue weighted by Crippen LogP contribution is 2.43. The van der Waals surface area contributed by atoms with Crippen LogP contribution in [-0.2, 0) is 4.74 Å². The van der Waals surface area contributed by atoms with E-state index in [2.05, 4.69) is 66.1 Å². The quantitative estimate of drug-likeness (QED) is 0.614. The number of rotatable bonds is 6. The van der Waals surface area contributed by atoms with Crippen LogP contribution in [0.1, 0.15) is 35.6 Å². The highest BCUT2D eigenvalue weighted by molar-refractivity contribution is 8.00. The van der Waals surface area contributed by atoms with Gasteiger partial charge >= 0.3 is 0 Å². The molecule has 128 valence electrons. The van der Waals surface area contributed by atoms with Crippen LogP contribution in [0.3, 0.4) is 0 Å². The van der Waals surface area contributed by atoms with Gasteiger partial charge in [-0.1, -0.05) is 30.3 Å². The van der Waals surface area contributed by atoms with Crippen LogP contribution in [0.4, 0.5) is 5.69 Å². The van der Waals surface area contributed by atoms with Crippen molar-refractivity contribution in [1.82, 2.24) is 5.32 Å². The summed E-state index contributed by atoms with van der Waals surface area (Å²) in [4.78, 5) is 1.34. The Labute approximate surface area is 149 Å². The molecule has 0 radical (unpaired) electrons. The Morgan fingerprint density at radius 3 is 2.79 bits per heavy atom. The average molecular weight is 343 g/mol. The summed E-state index contributed by atoms with van der Waals surface area (Å²) in [6, 6.07) is 15.7. The van der Waals surface area contributed by atoms with Crippen molar-refractivity contribution in [3.05, 3.63) is 59.2 Å². The molecule has 2 aromatic rings. The van der Waals surface area contributed by atoms with Gasteiger partial charge in [-0.2, -0.15) is 0 Å². The van der Waals surface area contributed by atoms with Gasteiger partial charge in [0.15, 0.2) is 0 Å². The third kappa shape index (κ3) is 3.77. The maximum Gasteiger partial charge on any atom is 0.0609 e. The van der Waals surface area contributed by atoms with Crippen LogP contribution in [0.5, 0.6) is 0 Å². The van der Waals surface area contributed by atoms with Crippen molar-refractivity contribution in [2.75, 3.05) is 31.6 Å². The maximum absolute atomic E-state index is 5.16. The first-order valence-corrected chi connectivity index (χ1v) is 9.31. The molecule has 1 aliphatic rings. The third-order valence-corrected chi connectivity index (χ3v) is 5.45. The van der Waals surface area contributed by atoms with Crippen molar-refractivity contribution >= 4 is 17.6 Å². The zero-order chi connectivity index (χ0) is 16.9. The van der Waals surface area contributed by atoms with Crippen LogP contribution in [0.15, 0.2) is 47.4 Å². The molecule has 0 bridgehead atoms. The zero-order valence-corrected chi connectivity index (χ0v) is 15.5. The molecule has 3 rings (SSSR count). The molecule has 24 heavy (non-hydrogen) atoms. The molecule has 0 saturated heterocycles. The summed E-state index contributed by atoms with van der Waals surface area (Å²) in [6.45, 7) is 3.98. The topological polar surface area (TPSA) is 24.5 Å². The summed E-state index contributed by atoms with van der Waals surface area (Å²) >= 11 is 1.81. The Balaban J connectivity index is 1.91. The molecule has 4 heteroatoms. The molecule has 1 N–H and O–H groups in total. The lowest BCUT2D eigenvalue weighted by Crippen LogP contribution is -2.24. The predicted octanol–water partition coefficient (Wildman–Crippen LogP) is 4.56. The fraction of sp³-hybridized carbons (Fsp3) is 0.400. The first-order chi connectivity index (χ1) is 11.7. The molecule has 1 aliphatic heterocycles. The van der Waals surface area contributed by atoms with Gasteiger partial charge in [-0.3, -0.25) is 0 Å². The van der Waals surface area contributed by atoms with E-state index in [0.29, 0.717) is 0 Å². The van der Waals surface area contributed by atoms with Gasteiger partial charge in [0.1, 0.15) is 0 Å². The van der Waals surface area contributed by atoms with Crippen LogP contribution in [-0.4, -0.2) is 27.3 Å². The van der Waals surface area contributed by atoms with E-state index < -0.39 is 0 Å². The molecule has 3 nitrogen and oxygen atoms in total. The van der Waals surface area contributed by atoms with E-state index in [1.807, 2.05) is 11.9 Å². The van der Waals surface area contributed by atoms with Gasteiger partial charge in [-0.05, 0) is 67.1 Å². The molecule has 0 saturated carbocycles. The highest BCUT2D eigenvalue weighted by Gasteiger charge is 2.25. The fourth-order valence-corrected chi connectivity index (χ4v) is 4.27. The van der Waals surface area contributed by atoms with Crippen LogP contribution in [0.2, 0.25) is 0 Å². The van der Waals surface area contributed by atoms with E-state index >= 15 is 0 Å². The number of nitrogens with one attached hydrogen (secondary N) is 1. The van der Waals surface area contributed by atoms with E-state index in [4.69, 9.17) is 4.74 Å². The Morgan fingerprint density at radius 2 is 1.96 bits per heavy atom. The molecular formula is C20H26N2OS. The van der Waals surface area contributed by atoms with Crippen molar-refractivity contribution in [3.8, 4) is 0 Å². The molecule has 1 atom stereocenters. The summed E-state index contributed by atoms with van der Waals surface area (Å²) in [7, 11) is 3.91. The summed E-state index contributed by atoms with van der Waals surface area (Å²) in [5, 5.41) is 3.78. The molecule has 0 amide bonds. The first-order valence-electron chi connectivity index (χ1n) is 8.54. The van der Waals surface area contributed by atoms with Crippen LogP contribution < -0.4 is 9.62 Å². The van der Waals surface area contributed by atoms with E-state index in [0.717, 1.165) is 26.0 Å². The average Bonchev–Trinajstić information content (AvgIpc) is 2.69. The first kappa shape index (κ1) is 17.3. The van der Waals surface area contributed by atoms with Gasteiger partial charge in [0.05, 0.1) is 11.7 Å². The Kier molecular flexibility index (Phi) is 5.82. The lowest BCUT2D eigenvalue weighted by atomic mass is 9.96. The summed E-state index contributed by atoms with van der Waals surface area (Å²) in [5.74, 6) is 0. The lowest BCUT2D eigenvalue weighted by Gasteiger charge is -2.22. The molecule has 1 unspecified atom stereocenters. The molecule has 0 fully saturated rings. The van der Waals surface area contributed by atoms with Gasteiger partial charge in [0, 0.05) is 25.7 Å². The van der Waals surface area contributed by atoms with Gasteiger partial charge in [0.2, 0.25) is 0 Å². The van der Waals surface area contributed by atoms with Crippen LogP contribution in [0, 0.1) is 6.92 Å². The van der Waals surface area contributed by atoms with E-state index in [1.165, 1.54) is 27.3 Å². The second kappa shape index (κ2) is 8.06. The van der Waals surface area contributed by atoms with Gasteiger partial charge < -0.3 is 14.4 Å². The Bertz CT molecular complexity index is 689. The smallest absolute Gasteiger partial charge is 0.0609 e. The Hall–Kier alpha value is -1.49. The number of nitrogens with zero attached hydrogens (tertiary/aromatic N) is 1. The fourth-order valence-electron chi connectivity index (χ4n) is 3.18. The standard InChI is InChI=1S/C20H26N2OS/c1-15-10-11-17-19(14-15)24-22(2)18-9-5-4-8-16(18)20(17)21-12-6-7-13-23-3/h4-5,8-11,14,20-21H,6-7,12-13H2,1-3H3.